The van der Waals surface area contributed by atoms with Gasteiger partial charge in [0, 0.05) is 6.54 Å². The van der Waals surface area contributed by atoms with Gasteiger partial charge >= 0.3 is 0 Å². The predicted octanol–water partition coefficient (Wildman–Crippen LogP) is 3.85. The Morgan fingerprint density at radius 1 is 1.07 bits per heavy atom. The SMILES string of the molecule is Cc1ccc(N2CCCCS2(=O)=O)cc1S(=O)(=O)Nc1ccccc1C(C)C. The summed E-state index contributed by atoms with van der Waals surface area (Å²) in [7, 11) is -7.28. The number of aryl methyl sites for hydroxylation is 1. The molecule has 152 valence electrons. The van der Waals surface area contributed by atoms with Crippen LogP contribution in [0.2, 0.25) is 0 Å². The number of hydrogen-bond acceptors (Lipinski definition) is 4. The maximum atomic E-state index is 13.1. The van der Waals surface area contributed by atoms with Crippen molar-refractivity contribution in [1.29, 1.82) is 0 Å². The quantitative estimate of drug-likeness (QED) is 0.793. The molecule has 0 aliphatic carbocycles. The van der Waals surface area contributed by atoms with Crippen molar-refractivity contribution in [3.8, 4) is 0 Å². The third-order valence-electron chi connectivity index (χ3n) is 4.93. The number of para-hydroxylation sites is 1. The monoisotopic (exact) mass is 422 g/mol. The first-order valence-corrected chi connectivity index (χ1v) is 12.4. The molecule has 0 radical (unpaired) electrons. The van der Waals surface area contributed by atoms with E-state index in [1.807, 2.05) is 26.0 Å². The van der Waals surface area contributed by atoms with E-state index in [1.165, 1.54) is 10.4 Å². The van der Waals surface area contributed by atoms with E-state index in [1.54, 1.807) is 31.2 Å². The fraction of sp³-hybridized carbons (Fsp3) is 0.400. The largest absolute Gasteiger partial charge is 0.279 e. The van der Waals surface area contributed by atoms with E-state index in [2.05, 4.69) is 4.72 Å². The summed E-state index contributed by atoms with van der Waals surface area (Å²) in [6.45, 7) is 6.08. The highest BCUT2D eigenvalue weighted by Gasteiger charge is 2.28. The maximum absolute atomic E-state index is 13.1. The van der Waals surface area contributed by atoms with Crippen molar-refractivity contribution in [3.05, 3.63) is 53.6 Å². The van der Waals surface area contributed by atoms with E-state index < -0.39 is 20.0 Å². The zero-order valence-corrected chi connectivity index (χ0v) is 18.0. The van der Waals surface area contributed by atoms with Crippen LogP contribution in [-0.2, 0) is 20.0 Å². The predicted molar refractivity (Wildman–Crippen MR) is 113 cm³/mol. The normalized spacial score (nSPS) is 16.9. The number of nitrogens with zero attached hydrogens (tertiary/aromatic N) is 1. The van der Waals surface area contributed by atoms with Crippen molar-refractivity contribution in [2.75, 3.05) is 21.3 Å². The molecule has 1 aliphatic rings. The Morgan fingerprint density at radius 3 is 2.46 bits per heavy atom. The number of benzene rings is 2. The standard InChI is InChI=1S/C20H26N2O4S2/c1-15(2)18-8-4-5-9-19(18)21-28(25,26)20-14-17(11-10-16(20)3)22-12-6-7-13-27(22,23)24/h4-5,8-11,14-15,21H,6-7,12-13H2,1-3H3. The second-order valence-electron chi connectivity index (χ2n) is 7.39. The molecule has 1 heterocycles. The van der Waals surface area contributed by atoms with Gasteiger partial charge in [-0.25, -0.2) is 16.8 Å². The van der Waals surface area contributed by atoms with E-state index in [0.717, 1.165) is 12.0 Å². The van der Waals surface area contributed by atoms with Crippen LogP contribution in [0.5, 0.6) is 0 Å². The Balaban J connectivity index is 2.01. The van der Waals surface area contributed by atoms with Gasteiger partial charge in [0.25, 0.3) is 10.0 Å². The second kappa shape index (κ2) is 7.75. The maximum Gasteiger partial charge on any atom is 0.262 e. The van der Waals surface area contributed by atoms with E-state index in [-0.39, 0.29) is 16.6 Å². The van der Waals surface area contributed by atoms with E-state index in [0.29, 0.717) is 29.9 Å². The van der Waals surface area contributed by atoms with Gasteiger partial charge in [-0.15, -0.1) is 0 Å². The lowest BCUT2D eigenvalue weighted by molar-refractivity contribution is 0.574. The summed E-state index contributed by atoms with van der Waals surface area (Å²) in [4.78, 5) is 0.0873. The van der Waals surface area contributed by atoms with Crippen molar-refractivity contribution < 1.29 is 16.8 Å². The molecule has 0 aromatic heterocycles. The van der Waals surface area contributed by atoms with E-state index in [4.69, 9.17) is 0 Å². The van der Waals surface area contributed by atoms with Crippen molar-refractivity contribution in [3.63, 3.8) is 0 Å². The fourth-order valence-electron chi connectivity index (χ4n) is 3.41. The van der Waals surface area contributed by atoms with Crippen molar-refractivity contribution in [1.82, 2.24) is 0 Å². The Hall–Kier alpha value is -2.06. The number of hydrogen-bond donors (Lipinski definition) is 1. The first-order valence-electron chi connectivity index (χ1n) is 9.34. The van der Waals surface area contributed by atoms with Gasteiger partial charge in [-0.3, -0.25) is 9.03 Å². The average molecular weight is 423 g/mol. The molecule has 0 amide bonds. The highest BCUT2D eigenvalue weighted by molar-refractivity contribution is 7.93. The molecule has 1 saturated heterocycles. The first kappa shape index (κ1) is 20.7. The molecule has 0 unspecified atom stereocenters. The molecule has 6 nitrogen and oxygen atoms in total. The van der Waals surface area contributed by atoms with Crippen LogP contribution in [0.25, 0.3) is 0 Å². The summed E-state index contributed by atoms with van der Waals surface area (Å²) < 4.78 is 55.0. The highest BCUT2D eigenvalue weighted by atomic mass is 32.2. The summed E-state index contributed by atoms with van der Waals surface area (Å²) in [6, 6.07) is 12.1. The van der Waals surface area contributed by atoms with Gasteiger partial charge in [0.15, 0.2) is 0 Å². The molecule has 1 fully saturated rings. The van der Waals surface area contributed by atoms with Gasteiger partial charge in [0.1, 0.15) is 0 Å². The molecular formula is C20H26N2O4S2. The van der Waals surface area contributed by atoms with Gasteiger partial charge in [0.05, 0.1) is 22.0 Å². The smallest absolute Gasteiger partial charge is 0.262 e. The molecule has 0 atom stereocenters. The summed E-state index contributed by atoms with van der Waals surface area (Å²) in [5, 5.41) is 0. The lowest BCUT2D eigenvalue weighted by Crippen LogP contribution is -2.38. The van der Waals surface area contributed by atoms with Gasteiger partial charge in [-0.05, 0) is 55.0 Å². The summed E-state index contributed by atoms with van der Waals surface area (Å²) >= 11 is 0. The lowest BCUT2D eigenvalue weighted by Gasteiger charge is -2.28. The molecule has 1 N–H and O–H groups in total. The molecule has 0 saturated carbocycles. The summed E-state index contributed by atoms with van der Waals surface area (Å²) in [5.41, 5.74) is 2.39. The molecular weight excluding hydrogens is 396 g/mol. The minimum atomic E-state index is -3.87. The van der Waals surface area contributed by atoms with Gasteiger partial charge < -0.3 is 0 Å². The molecule has 8 heteroatoms. The van der Waals surface area contributed by atoms with Crippen molar-refractivity contribution in [2.45, 2.75) is 44.4 Å². The Labute approximate surface area is 167 Å². The highest BCUT2D eigenvalue weighted by Crippen LogP contribution is 2.30. The minimum absolute atomic E-state index is 0.0863. The first-order chi connectivity index (χ1) is 13.1. The number of sulfonamides is 2. The molecule has 0 bridgehead atoms. The third-order valence-corrected chi connectivity index (χ3v) is 8.30. The average Bonchev–Trinajstić information content (AvgIpc) is 2.62. The van der Waals surface area contributed by atoms with Crippen LogP contribution in [0.3, 0.4) is 0 Å². The van der Waals surface area contributed by atoms with Crippen LogP contribution in [0, 0.1) is 6.92 Å². The lowest BCUT2D eigenvalue weighted by atomic mass is 10.0. The van der Waals surface area contributed by atoms with Gasteiger partial charge in [-0.2, -0.15) is 0 Å². The number of anilines is 2. The van der Waals surface area contributed by atoms with Gasteiger partial charge in [0.2, 0.25) is 10.0 Å². The number of rotatable bonds is 5. The third kappa shape index (κ3) is 4.17. The zero-order chi connectivity index (χ0) is 20.5. The zero-order valence-electron chi connectivity index (χ0n) is 16.3. The molecule has 1 aliphatic heterocycles. The second-order valence-corrected chi connectivity index (χ2v) is 11.1. The Kier molecular flexibility index (Phi) is 5.72. The summed E-state index contributed by atoms with van der Waals surface area (Å²) in [6.07, 6.45) is 1.39. The fourth-order valence-corrected chi connectivity index (χ4v) is 6.39. The molecule has 28 heavy (non-hydrogen) atoms. The minimum Gasteiger partial charge on any atom is -0.279 e. The molecule has 3 rings (SSSR count). The number of nitrogens with one attached hydrogen (secondary N) is 1. The Bertz CT molecular complexity index is 1080. The van der Waals surface area contributed by atoms with Crippen LogP contribution < -0.4 is 9.03 Å². The van der Waals surface area contributed by atoms with E-state index in [9.17, 15) is 16.8 Å². The molecule has 0 spiro atoms. The van der Waals surface area contributed by atoms with Crippen molar-refractivity contribution in [2.24, 2.45) is 0 Å². The molecule has 2 aromatic carbocycles. The Morgan fingerprint density at radius 2 is 1.79 bits per heavy atom. The van der Waals surface area contributed by atoms with Crippen LogP contribution in [0.1, 0.15) is 43.7 Å². The van der Waals surface area contributed by atoms with Crippen LogP contribution >= 0.6 is 0 Å². The van der Waals surface area contributed by atoms with Gasteiger partial charge in [-0.1, -0.05) is 38.1 Å². The molecule has 2 aromatic rings. The van der Waals surface area contributed by atoms with Crippen LogP contribution in [0.15, 0.2) is 47.4 Å². The topological polar surface area (TPSA) is 83.6 Å². The van der Waals surface area contributed by atoms with Crippen LogP contribution in [-0.4, -0.2) is 29.1 Å². The van der Waals surface area contributed by atoms with E-state index >= 15 is 0 Å². The van der Waals surface area contributed by atoms with Crippen molar-refractivity contribution >= 4 is 31.4 Å². The van der Waals surface area contributed by atoms with Crippen LogP contribution in [0.4, 0.5) is 11.4 Å². The summed E-state index contributed by atoms with van der Waals surface area (Å²) in [5.74, 6) is 0.244.